The van der Waals surface area contributed by atoms with Crippen LogP contribution in [0.4, 0.5) is 5.82 Å². The van der Waals surface area contributed by atoms with Gasteiger partial charge >= 0.3 is 0 Å². The molecular weight excluding hydrogens is 328 g/mol. The summed E-state index contributed by atoms with van der Waals surface area (Å²) in [6.45, 7) is 3.64. The van der Waals surface area contributed by atoms with Crippen molar-refractivity contribution in [2.75, 3.05) is 5.32 Å². The first-order chi connectivity index (χ1) is 9.04. The maximum absolute atomic E-state index is 12.0. The number of benzene rings is 1. The number of hydrogen-bond donors (Lipinski definition) is 1. The SMILES string of the molecule is Cc1cc(NC(=O)C(C)Sc2ccc(Br)cc2)no1. The highest BCUT2D eigenvalue weighted by atomic mass is 79.9. The fourth-order valence-electron chi connectivity index (χ4n) is 1.42. The van der Waals surface area contributed by atoms with Crippen LogP contribution >= 0.6 is 27.7 Å². The van der Waals surface area contributed by atoms with Gasteiger partial charge in [-0.15, -0.1) is 11.8 Å². The molecule has 0 fully saturated rings. The number of thioether (sulfide) groups is 1. The van der Waals surface area contributed by atoms with Crippen LogP contribution in [-0.2, 0) is 4.79 Å². The molecule has 1 N–H and O–H groups in total. The molecule has 1 aromatic carbocycles. The number of nitrogens with zero attached hydrogens (tertiary/aromatic N) is 1. The molecule has 0 radical (unpaired) electrons. The fraction of sp³-hybridized carbons (Fsp3) is 0.231. The molecule has 2 rings (SSSR count). The Labute approximate surface area is 124 Å². The summed E-state index contributed by atoms with van der Waals surface area (Å²) < 4.78 is 5.92. The predicted molar refractivity (Wildman–Crippen MR) is 79.3 cm³/mol. The second-order valence-corrected chi connectivity index (χ2v) is 6.36. The number of amides is 1. The Morgan fingerprint density at radius 2 is 2.11 bits per heavy atom. The number of anilines is 1. The van der Waals surface area contributed by atoms with Gasteiger partial charge in [0.2, 0.25) is 5.91 Å². The topological polar surface area (TPSA) is 55.1 Å². The first kappa shape index (κ1) is 14.1. The van der Waals surface area contributed by atoms with E-state index in [1.165, 1.54) is 11.8 Å². The van der Waals surface area contributed by atoms with Crippen molar-refractivity contribution in [2.45, 2.75) is 24.0 Å². The van der Waals surface area contributed by atoms with Crippen molar-refractivity contribution in [3.05, 3.63) is 40.6 Å². The minimum atomic E-state index is -0.210. The molecule has 6 heteroatoms. The molecule has 0 saturated heterocycles. The van der Waals surface area contributed by atoms with E-state index in [0.29, 0.717) is 11.6 Å². The third-order valence-corrected chi connectivity index (χ3v) is 4.02. The smallest absolute Gasteiger partial charge is 0.238 e. The van der Waals surface area contributed by atoms with Crippen molar-refractivity contribution in [1.82, 2.24) is 5.16 Å². The first-order valence-electron chi connectivity index (χ1n) is 5.71. The van der Waals surface area contributed by atoms with Gasteiger partial charge < -0.3 is 9.84 Å². The Bertz CT molecular complexity index is 568. The van der Waals surface area contributed by atoms with E-state index in [1.807, 2.05) is 31.2 Å². The number of carbonyl (C=O) groups is 1. The van der Waals surface area contributed by atoms with Crippen molar-refractivity contribution < 1.29 is 9.32 Å². The van der Waals surface area contributed by atoms with Crippen molar-refractivity contribution in [3.63, 3.8) is 0 Å². The van der Waals surface area contributed by atoms with E-state index in [-0.39, 0.29) is 11.2 Å². The maximum Gasteiger partial charge on any atom is 0.238 e. The maximum atomic E-state index is 12.0. The summed E-state index contributed by atoms with van der Waals surface area (Å²) in [5.74, 6) is 1.02. The highest BCUT2D eigenvalue weighted by Gasteiger charge is 2.15. The van der Waals surface area contributed by atoms with Crippen LogP contribution in [0.5, 0.6) is 0 Å². The van der Waals surface area contributed by atoms with Crippen molar-refractivity contribution >= 4 is 39.4 Å². The van der Waals surface area contributed by atoms with Crippen LogP contribution in [0.1, 0.15) is 12.7 Å². The summed E-state index contributed by atoms with van der Waals surface area (Å²) in [5, 5.41) is 6.24. The van der Waals surface area contributed by atoms with Gasteiger partial charge in [0, 0.05) is 15.4 Å². The fourth-order valence-corrected chi connectivity index (χ4v) is 2.56. The number of hydrogen-bond acceptors (Lipinski definition) is 4. The lowest BCUT2D eigenvalue weighted by Crippen LogP contribution is -2.22. The van der Waals surface area contributed by atoms with Crippen molar-refractivity contribution in [2.24, 2.45) is 0 Å². The van der Waals surface area contributed by atoms with Gasteiger partial charge in [-0.1, -0.05) is 21.1 Å². The van der Waals surface area contributed by atoms with Gasteiger partial charge in [0.15, 0.2) is 5.82 Å². The molecule has 1 amide bonds. The summed E-state index contributed by atoms with van der Waals surface area (Å²) >= 11 is 4.88. The molecule has 2 aromatic rings. The molecule has 0 aliphatic carbocycles. The Hall–Kier alpha value is -1.27. The van der Waals surface area contributed by atoms with Gasteiger partial charge in [-0.2, -0.15) is 0 Å². The van der Waals surface area contributed by atoms with E-state index in [9.17, 15) is 4.79 Å². The lowest BCUT2D eigenvalue weighted by atomic mass is 10.4. The zero-order valence-electron chi connectivity index (χ0n) is 10.5. The number of aromatic nitrogens is 1. The van der Waals surface area contributed by atoms with Crippen molar-refractivity contribution in [1.29, 1.82) is 0 Å². The lowest BCUT2D eigenvalue weighted by Gasteiger charge is -2.10. The summed E-state index contributed by atoms with van der Waals surface area (Å²) in [4.78, 5) is 13.0. The first-order valence-corrected chi connectivity index (χ1v) is 7.38. The summed E-state index contributed by atoms with van der Waals surface area (Å²) in [6.07, 6.45) is 0. The molecule has 1 heterocycles. The third kappa shape index (κ3) is 4.11. The number of halogens is 1. The largest absolute Gasteiger partial charge is 0.360 e. The molecule has 0 aliphatic rings. The quantitative estimate of drug-likeness (QED) is 0.858. The number of rotatable bonds is 4. The Morgan fingerprint density at radius 1 is 1.42 bits per heavy atom. The summed E-state index contributed by atoms with van der Waals surface area (Å²) in [7, 11) is 0. The minimum Gasteiger partial charge on any atom is -0.360 e. The molecule has 0 bridgehead atoms. The molecule has 19 heavy (non-hydrogen) atoms. The summed E-state index contributed by atoms with van der Waals surface area (Å²) in [6, 6.07) is 9.54. The lowest BCUT2D eigenvalue weighted by molar-refractivity contribution is -0.115. The van der Waals surface area contributed by atoms with Crippen LogP contribution in [0.15, 0.2) is 44.2 Å². The molecular formula is C13H13BrN2O2S. The van der Waals surface area contributed by atoms with Crippen LogP contribution in [0.2, 0.25) is 0 Å². The normalized spacial score (nSPS) is 12.2. The highest BCUT2D eigenvalue weighted by Crippen LogP contribution is 2.25. The molecule has 0 spiro atoms. The zero-order valence-corrected chi connectivity index (χ0v) is 12.9. The van der Waals surface area contributed by atoms with Crippen LogP contribution in [0, 0.1) is 6.92 Å². The van der Waals surface area contributed by atoms with Crippen LogP contribution in [-0.4, -0.2) is 16.3 Å². The van der Waals surface area contributed by atoms with E-state index in [4.69, 9.17) is 4.52 Å². The average molecular weight is 341 g/mol. The third-order valence-electron chi connectivity index (χ3n) is 2.37. The highest BCUT2D eigenvalue weighted by molar-refractivity contribution is 9.10. The molecule has 0 saturated carbocycles. The van der Waals surface area contributed by atoms with Gasteiger partial charge in [-0.25, -0.2) is 0 Å². The molecule has 1 aromatic heterocycles. The van der Waals surface area contributed by atoms with Crippen LogP contribution < -0.4 is 5.32 Å². The van der Waals surface area contributed by atoms with Gasteiger partial charge in [0.25, 0.3) is 0 Å². The van der Waals surface area contributed by atoms with Gasteiger partial charge in [0.1, 0.15) is 5.76 Å². The standard InChI is InChI=1S/C13H13BrN2O2S/c1-8-7-12(16-18-8)15-13(17)9(2)19-11-5-3-10(14)4-6-11/h3-7,9H,1-2H3,(H,15,16,17). The molecule has 1 unspecified atom stereocenters. The molecule has 100 valence electrons. The molecule has 0 aliphatic heterocycles. The van der Waals surface area contributed by atoms with E-state index >= 15 is 0 Å². The Balaban J connectivity index is 1.94. The number of carbonyl (C=O) groups excluding carboxylic acids is 1. The van der Waals surface area contributed by atoms with E-state index in [1.54, 1.807) is 13.0 Å². The Kier molecular flexibility index (Phi) is 4.66. The second kappa shape index (κ2) is 6.25. The minimum absolute atomic E-state index is 0.0961. The number of nitrogens with one attached hydrogen (secondary N) is 1. The van der Waals surface area contributed by atoms with Gasteiger partial charge in [-0.05, 0) is 38.1 Å². The van der Waals surface area contributed by atoms with E-state index < -0.39 is 0 Å². The van der Waals surface area contributed by atoms with Gasteiger partial charge in [0.05, 0.1) is 5.25 Å². The zero-order chi connectivity index (χ0) is 13.8. The predicted octanol–water partition coefficient (Wildman–Crippen LogP) is 3.86. The van der Waals surface area contributed by atoms with Crippen LogP contribution in [0.25, 0.3) is 0 Å². The molecule has 4 nitrogen and oxygen atoms in total. The van der Waals surface area contributed by atoms with Crippen molar-refractivity contribution in [3.8, 4) is 0 Å². The average Bonchev–Trinajstić information content (AvgIpc) is 2.77. The van der Waals surface area contributed by atoms with Crippen LogP contribution in [0.3, 0.4) is 0 Å². The van der Waals surface area contributed by atoms with Gasteiger partial charge in [-0.3, -0.25) is 4.79 Å². The second-order valence-electron chi connectivity index (χ2n) is 4.03. The van der Waals surface area contributed by atoms with E-state index in [0.717, 1.165) is 9.37 Å². The van der Waals surface area contributed by atoms with E-state index in [2.05, 4.69) is 26.4 Å². The Morgan fingerprint density at radius 3 is 2.68 bits per heavy atom. The summed E-state index contributed by atoms with van der Waals surface area (Å²) in [5.41, 5.74) is 0. The number of aryl methyl sites for hydroxylation is 1. The molecule has 1 atom stereocenters. The monoisotopic (exact) mass is 340 g/mol.